The van der Waals surface area contributed by atoms with Crippen molar-refractivity contribution in [3.63, 3.8) is 0 Å². The van der Waals surface area contributed by atoms with Crippen LogP contribution in [0, 0.1) is 0 Å². The molecular weight excluding hydrogens is 246 g/mol. The second-order valence-corrected chi connectivity index (χ2v) is 4.14. The molecule has 1 aromatic rings. The van der Waals surface area contributed by atoms with E-state index in [2.05, 4.69) is 0 Å². The van der Waals surface area contributed by atoms with Gasteiger partial charge in [0, 0.05) is 0 Å². The molecule has 0 aliphatic heterocycles. The summed E-state index contributed by atoms with van der Waals surface area (Å²) in [5.74, 6) is -1.29. The van der Waals surface area contributed by atoms with Crippen LogP contribution in [0.15, 0.2) is 18.2 Å². The first-order valence-corrected chi connectivity index (χ1v) is 5.39. The Labute approximate surface area is 90.4 Å². The van der Waals surface area contributed by atoms with Crippen molar-refractivity contribution in [1.82, 2.24) is 0 Å². The molecule has 82 valence electrons. The van der Waals surface area contributed by atoms with Gasteiger partial charge in [0.25, 0.3) is 0 Å². The van der Waals surface area contributed by atoms with Gasteiger partial charge >= 0.3 is 16.3 Å². The Morgan fingerprint density at radius 2 is 2.00 bits per heavy atom. The van der Waals surface area contributed by atoms with Crippen LogP contribution in [0.2, 0.25) is 5.02 Å². The van der Waals surface area contributed by atoms with Gasteiger partial charge < -0.3 is 5.11 Å². The summed E-state index contributed by atoms with van der Waals surface area (Å²) in [4.78, 5) is 10.6. The highest BCUT2D eigenvalue weighted by Gasteiger charge is 2.11. The highest BCUT2D eigenvalue weighted by atomic mass is 35.5. The van der Waals surface area contributed by atoms with Crippen molar-refractivity contribution in [1.29, 1.82) is 0 Å². The molecule has 0 saturated carbocycles. The van der Waals surface area contributed by atoms with Gasteiger partial charge in [0.1, 0.15) is 0 Å². The van der Waals surface area contributed by atoms with Gasteiger partial charge in [-0.25, -0.2) is 4.79 Å². The first kappa shape index (κ1) is 11.8. The first-order chi connectivity index (χ1) is 6.79. The number of carboxylic acids is 1. The predicted molar refractivity (Wildman–Crippen MR) is 53.6 cm³/mol. The van der Waals surface area contributed by atoms with Gasteiger partial charge in [-0.1, -0.05) is 11.6 Å². The number of anilines is 1. The Bertz CT molecular complexity index is 498. The minimum Gasteiger partial charge on any atom is -0.478 e. The molecule has 0 bridgehead atoms. The zero-order valence-corrected chi connectivity index (χ0v) is 8.71. The lowest BCUT2D eigenvalue weighted by Crippen LogP contribution is -2.11. The van der Waals surface area contributed by atoms with Gasteiger partial charge in [-0.05, 0) is 18.2 Å². The van der Waals surface area contributed by atoms with Crippen LogP contribution in [0.4, 0.5) is 5.69 Å². The van der Waals surface area contributed by atoms with Crippen molar-refractivity contribution in [3.05, 3.63) is 28.8 Å². The number of carbonyl (C=O) groups is 1. The Kier molecular flexibility index (Phi) is 3.18. The molecule has 0 atom stereocenters. The van der Waals surface area contributed by atoms with E-state index in [0.717, 1.165) is 6.07 Å². The summed E-state index contributed by atoms with van der Waals surface area (Å²) in [7, 11) is -4.42. The van der Waals surface area contributed by atoms with E-state index in [-0.39, 0.29) is 16.3 Å². The number of rotatable bonds is 3. The Balaban J connectivity index is 3.14. The SMILES string of the molecule is O=C(O)c1cc(NS(=O)(=O)O)ccc1Cl. The fraction of sp³-hybridized carbons (Fsp3) is 0. The summed E-state index contributed by atoms with van der Waals surface area (Å²) in [6.07, 6.45) is 0. The number of nitrogens with one attached hydrogen (secondary N) is 1. The van der Waals surface area contributed by atoms with Crippen molar-refractivity contribution in [2.75, 3.05) is 4.72 Å². The monoisotopic (exact) mass is 251 g/mol. The van der Waals surface area contributed by atoms with Crippen molar-refractivity contribution in [2.24, 2.45) is 0 Å². The molecule has 15 heavy (non-hydrogen) atoms. The van der Waals surface area contributed by atoms with E-state index in [1.165, 1.54) is 12.1 Å². The Morgan fingerprint density at radius 3 is 2.47 bits per heavy atom. The van der Waals surface area contributed by atoms with Crippen molar-refractivity contribution < 1.29 is 22.9 Å². The van der Waals surface area contributed by atoms with Crippen LogP contribution < -0.4 is 4.72 Å². The summed E-state index contributed by atoms with van der Waals surface area (Å²) in [5.41, 5.74) is -0.343. The Hall–Kier alpha value is -1.31. The van der Waals surface area contributed by atoms with Gasteiger partial charge in [0.05, 0.1) is 16.3 Å². The molecule has 1 aromatic carbocycles. The minimum atomic E-state index is -4.42. The fourth-order valence-electron chi connectivity index (χ4n) is 0.902. The Morgan fingerprint density at radius 1 is 1.40 bits per heavy atom. The molecule has 0 heterocycles. The second kappa shape index (κ2) is 4.05. The molecule has 0 unspecified atom stereocenters. The first-order valence-electron chi connectivity index (χ1n) is 3.57. The zero-order chi connectivity index (χ0) is 11.6. The quantitative estimate of drug-likeness (QED) is 0.702. The maximum atomic E-state index is 10.6. The molecule has 0 saturated heterocycles. The third-order valence-electron chi connectivity index (χ3n) is 1.44. The average molecular weight is 252 g/mol. The number of halogens is 1. The molecule has 0 aromatic heterocycles. The summed E-state index contributed by atoms with van der Waals surface area (Å²) >= 11 is 5.54. The van der Waals surface area contributed by atoms with E-state index in [4.69, 9.17) is 21.3 Å². The van der Waals surface area contributed by atoms with Gasteiger partial charge in [0.2, 0.25) is 0 Å². The third kappa shape index (κ3) is 3.39. The maximum absolute atomic E-state index is 10.6. The lowest BCUT2D eigenvalue weighted by atomic mass is 10.2. The van der Waals surface area contributed by atoms with Crippen LogP contribution in [0.1, 0.15) is 10.4 Å². The molecule has 0 fully saturated rings. The van der Waals surface area contributed by atoms with Crippen molar-refractivity contribution >= 4 is 33.6 Å². The summed E-state index contributed by atoms with van der Waals surface area (Å²) in [5, 5.41) is 8.64. The van der Waals surface area contributed by atoms with E-state index in [9.17, 15) is 13.2 Å². The number of hydrogen-bond donors (Lipinski definition) is 3. The zero-order valence-electron chi connectivity index (χ0n) is 7.14. The predicted octanol–water partition coefficient (Wildman–Crippen LogP) is 1.25. The molecule has 0 aliphatic carbocycles. The average Bonchev–Trinajstić information content (AvgIpc) is 2.05. The van der Waals surface area contributed by atoms with Crippen molar-refractivity contribution in [2.45, 2.75) is 0 Å². The number of hydrogen-bond acceptors (Lipinski definition) is 3. The highest BCUT2D eigenvalue weighted by molar-refractivity contribution is 7.87. The van der Waals surface area contributed by atoms with E-state index in [1.807, 2.05) is 0 Å². The lowest BCUT2D eigenvalue weighted by Gasteiger charge is -2.04. The van der Waals surface area contributed by atoms with E-state index in [1.54, 1.807) is 4.72 Å². The summed E-state index contributed by atoms with van der Waals surface area (Å²) < 4.78 is 31.0. The second-order valence-electron chi connectivity index (χ2n) is 2.58. The summed E-state index contributed by atoms with van der Waals surface area (Å²) in [6, 6.07) is 3.43. The minimum absolute atomic E-state index is 0.0246. The molecule has 0 radical (unpaired) electrons. The molecule has 0 spiro atoms. The number of benzene rings is 1. The number of aromatic carboxylic acids is 1. The molecular formula is C7H6ClNO5S. The van der Waals surface area contributed by atoms with E-state index < -0.39 is 16.3 Å². The van der Waals surface area contributed by atoms with Crippen LogP contribution in [-0.4, -0.2) is 24.0 Å². The highest BCUT2D eigenvalue weighted by Crippen LogP contribution is 2.20. The smallest absolute Gasteiger partial charge is 0.357 e. The van der Waals surface area contributed by atoms with Crippen LogP contribution >= 0.6 is 11.6 Å². The maximum Gasteiger partial charge on any atom is 0.357 e. The lowest BCUT2D eigenvalue weighted by molar-refractivity contribution is 0.0697. The van der Waals surface area contributed by atoms with E-state index in [0.29, 0.717) is 0 Å². The summed E-state index contributed by atoms with van der Waals surface area (Å²) in [6.45, 7) is 0. The van der Waals surface area contributed by atoms with Crippen molar-refractivity contribution in [3.8, 4) is 0 Å². The molecule has 1 rings (SSSR count). The molecule has 0 aliphatic rings. The van der Waals surface area contributed by atoms with Gasteiger partial charge in [-0.3, -0.25) is 9.27 Å². The van der Waals surface area contributed by atoms with Crippen LogP contribution in [0.5, 0.6) is 0 Å². The van der Waals surface area contributed by atoms with E-state index >= 15 is 0 Å². The van der Waals surface area contributed by atoms with Crippen LogP contribution in [0.25, 0.3) is 0 Å². The van der Waals surface area contributed by atoms with Crippen LogP contribution in [-0.2, 0) is 10.3 Å². The molecule has 8 heteroatoms. The normalized spacial score (nSPS) is 11.1. The van der Waals surface area contributed by atoms with Gasteiger partial charge in [-0.2, -0.15) is 8.42 Å². The number of carboxylic acid groups (broad SMARTS) is 1. The standard InChI is InChI=1S/C7H6ClNO5S/c8-6-2-1-4(9-15(12,13)14)3-5(6)7(10)11/h1-3,9H,(H,10,11)(H,12,13,14). The topological polar surface area (TPSA) is 104 Å². The molecule has 0 amide bonds. The fourth-order valence-corrected chi connectivity index (χ4v) is 1.52. The van der Waals surface area contributed by atoms with Gasteiger partial charge in [-0.15, -0.1) is 0 Å². The van der Waals surface area contributed by atoms with Crippen LogP contribution in [0.3, 0.4) is 0 Å². The molecule has 6 nitrogen and oxygen atoms in total. The largest absolute Gasteiger partial charge is 0.478 e. The molecule has 3 N–H and O–H groups in total. The van der Waals surface area contributed by atoms with Gasteiger partial charge in [0.15, 0.2) is 0 Å². The third-order valence-corrected chi connectivity index (χ3v) is 2.27.